The Hall–Kier alpha value is -3.44. The highest BCUT2D eigenvalue weighted by Gasteiger charge is 2.34. The molecule has 0 aromatic heterocycles. The van der Waals surface area contributed by atoms with Gasteiger partial charge < -0.3 is 15.0 Å². The van der Waals surface area contributed by atoms with Gasteiger partial charge in [0.15, 0.2) is 0 Å². The summed E-state index contributed by atoms with van der Waals surface area (Å²) in [6, 6.07) is 16.1. The van der Waals surface area contributed by atoms with E-state index in [-0.39, 0.29) is 34.6 Å². The molecule has 0 bridgehead atoms. The van der Waals surface area contributed by atoms with Gasteiger partial charge >= 0.3 is 0 Å². The number of sulfonamides is 1. The lowest BCUT2D eigenvalue weighted by atomic mass is 10.1. The van der Waals surface area contributed by atoms with Gasteiger partial charge in [-0.1, -0.05) is 48.7 Å². The number of rotatable bonds is 11. The van der Waals surface area contributed by atoms with E-state index >= 15 is 0 Å². The fourth-order valence-corrected chi connectivity index (χ4v) is 7.09. The Kier molecular flexibility index (Phi) is 10.3. The van der Waals surface area contributed by atoms with Gasteiger partial charge in [-0.3, -0.25) is 13.9 Å². The summed E-state index contributed by atoms with van der Waals surface area (Å²) >= 11 is 3.34. The zero-order valence-corrected chi connectivity index (χ0v) is 26.3. The predicted octanol–water partition coefficient (Wildman–Crippen LogP) is 5.58. The van der Waals surface area contributed by atoms with Gasteiger partial charge in [0.25, 0.3) is 10.0 Å². The summed E-state index contributed by atoms with van der Waals surface area (Å²) in [5.41, 5.74) is 1.40. The molecule has 1 fully saturated rings. The van der Waals surface area contributed by atoms with Crippen molar-refractivity contribution >= 4 is 43.5 Å². The van der Waals surface area contributed by atoms with Crippen molar-refractivity contribution in [3.63, 3.8) is 0 Å². The highest BCUT2D eigenvalue weighted by atomic mass is 79.9. The van der Waals surface area contributed by atoms with E-state index < -0.39 is 34.3 Å². The third-order valence-electron chi connectivity index (χ3n) is 7.48. The minimum absolute atomic E-state index is 0.0170. The van der Waals surface area contributed by atoms with Crippen LogP contribution in [0.3, 0.4) is 0 Å². The van der Waals surface area contributed by atoms with Crippen molar-refractivity contribution in [3.8, 4) is 5.75 Å². The molecule has 3 aromatic rings. The Morgan fingerprint density at radius 2 is 1.74 bits per heavy atom. The maximum Gasteiger partial charge on any atom is 0.264 e. The number of nitrogens with one attached hydrogen (secondary N) is 1. The van der Waals surface area contributed by atoms with Gasteiger partial charge in [0.1, 0.15) is 24.2 Å². The van der Waals surface area contributed by atoms with Crippen LogP contribution in [0.1, 0.15) is 43.7 Å². The minimum atomic E-state index is -4.26. The van der Waals surface area contributed by atoms with Gasteiger partial charge in [0, 0.05) is 18.2 Å². The summed E-state index contributed by atoms with van der Waals surface area (Å²) in [6.45, 7) is 2.63. The van der Waals surface area contributed by atoms with Gasteiger partial charge in [-0.2, -0.15) is 0 Å². The number of aryl methyl sites for hydroxylation is 1. The monoisotopic (exact) mass is 659 g/mol. The minimum Gasteiger partial charge on any atom is -0.496 e. The normalized spacial score (nSPS) is 14.3. The second-order valence-corrected chi connectivity index (χ2v) is 13.1. The Morgan fingerprint density at radius 1 is 1.07 bits per heavy atom. The lowest BCUT2D eigenvalue weighted by molar-refractivity contribution is -0.139. The molecule has 0 spiro atoms. The van der Waals surface area contributed by atoms with E-state index in [1.54, 1.807) is 49.4 Å². The van der Waals surface area contributed by atoms with Gasteiger partial charge in [-0.25, -0.2) is 12.8 Å². The number of benzene rings is 3. The number of nitrogens with zero attached hydrogens (tertiary/aromatic N) is 2. The smallest absolute Gasteiger partial charge is 0.264 e. The quantitative estimate of drug-likeness (QED) is 0.290. The Balaban J connectivity index is 1.71. The van der Waals surface area contributed by atoms with Crippen LogP contribution in [0.5, 0.6) is 5.75 Å². The lowest BCUT2D eigenvalue weighted by Crippen LogP contribution is -2.52. The molecule has 0 heterocycles. The molecule has 3 aromatic carbocycles. The van der Waals surface area contributed by atoms with E-state index in [1.165, 1.54) is 36.3 Å². The summed E-state index contributed by atoms with van der Waals surface area (Å²) < 4.78 is 49.5. The summed E-state index contributed by atoms with van der Waals surface area (Å²) in [5.74, 6) is -1.09. The second kappa shape index (κ2) is 13.7. The van der Waals surface area contributed by atoms with Crippen LogP contribution >= 0.6 is 15.9 Å². The third kappa shape index (κ3) is 7.30. The molecule has 8 nitrogen and oxygen atoms in total. The van der Waals surface area contributed by atoms with Gasteiger partial charge in [0.2, 0.25) is 11.8 Å². The van der Waals surface area contributed by atoms with E-state index in [4.69, 9.17) is 4.74 Å². The Morgan fingerprint density at radius 3 is 2.36 bits per heavy atom. The van der Waals surface area contributed by atoms with Crippen LogP contribution in [0.2, 0.25) is 0 Å². The first kappa shape index (κ1) is 31.5. The molecule has 4 rings (SSSR count). The fourth-order valence-electron chi connectivity index (χ4n) is 4.96. The molecule has 0 saturated heterocycles. The molecule has 0 radical (unpaired) electrons. The van der Waals surface area contributed by atoms with E-state index in [0.717, 1.165) is 35.6 Å². The number of amides is 2. The average Bonchev–Trinajstić information content (AvgIpc) is 3.48. The number of halogens is 2. The molecule has 1 aliphatic carbocycles. The zero-order chi connectivity index (χ0) is 30.4. The summed E-state index contributed by atoms with van der Waals surface area (Å²) in [6.07, 6.45) is 3.75. The van der Waals surface area contributed by atoms with Crippen molar-refractivity contribution in [2.24, 2.45) is 0 Å². The Labute approximate surface area is 255 Å². The second-order valence-electron chi connectivity index (χ2n) is 10.4. The molecule has 11 heteroatoms. The van der Waals surface area contributed by atoms with Crippen LogP contribution in [0.15, 0.2) is 76.1 Å². The van der Waals surface area contributed by atoms with Gasteiger partial charge in [0.05, 0.1) is 22.2 Å². The highest BCUT2D eigenvalue weighted by Crippen LogP contribution is 2.31. The van der Waals surface area contributed by atoms with Crippen LogP contribution in [-0.4, -0.2) is 50.9 Å². The molecular weight excluding hydrogens is 625 g/mol. The predicted molar refractivity (Wildman–Crippen MR) is 163 cm³/mol. The van der Waals surface area contributed by atoms with Crippen molar-refractivity contribution in [1.82, 2.24) is 10.2 Å². The molecule has 42 heavy (non-hydrogen) atoms. The van der Waals surface area contributed by atoms with E-state index in [0.29, 0.717) is 10.2 Å². The zero-order valence-electron chi connectivity index (χ0n) is 23.8. The van der Waals surface area contributed by atoms with Crippen molar-refractivity contribution in [3.05, 3.63) is 88.1 Å². The number of hydrogen-bond donors (Lipinski definition) is 1. The van der Waals surface area contributed by atoms with E-state index in [9.17, 15) is 22.4 Å². The molecule has 2 amide bonds. The molecule has 1 aliphatic rings. The molecule has 0 unspecified atom stereocenters. The van der Waals surface area contributed by atoms with Crippen molar-refractivity contribution < 1.29 is 27.1 Å². The van der Waals surface area contributed by atoms with Crippen molar-refractivity contribution in [1.29, 1.82) is 0 Å². The standard InChI is InChI=1S/C31H35BrFN3O5S/c1-21-12-14-25(15-13-21)36(42(39,40)26-16-17-29(41-3)27(32)18-26)20-30(37)35(19-23-8-4-7-11-28(23)33)22(2)31(38)34-24-9-5-6-10-24/h4,7-8,11-18,22,24H,5-6,9-10,19-20H2,1-3H3,(H,34,38)/t22-/m0/s1. The number of anilines is 1. The SMILES string of the molecule is COc1ccc(S(=O)(=O)N(CC(=O)N(Cc2ccccc2F)[C@@H](C)C(=O)NC2CCCC2)c2ccc(C)cc2)cc1Br. The van der Waals surface area contributed by atoms with Crippen LogP contribution < -0.4 is 14.4 Å². The first-order chi connectivity index (χ1) is 20.0. The number of carbonyl (C=O) groups excluding carboxylic acids is 2. The topological polar surface area (TPSA) is 96.0 Å². The molecule has 0 aliphatic heterocycles. The van der Waals surface area contributed by atoms with Crippen molar-refractivity contribution in [2.45, 2.75) is 63.1 Å². The lowest BCUT2D eigenvalue weighted by Gasteiger charge is -2.32. The molecule has 1 N–H and O–H groups in total. The molecule has 224 valence electrons. The number of ether oxygens (including phenoxy) is 1. The maximum atomic E-state index is 14.7. The van der Waals surface area contributed by atoms with Crippen LogP contribution in [-0.2, 0) is 26.2 Å². The van der Waals surface area contributed by atoms with Crippen LogP contribution in [0.4, 0.5) is 10.1 Å². The molecular formula is C31H35BrFN3O5S. The number of carbonyl (C=O) groups is 2. The first-order valence-electron chi connectivity index (χ1n) is 13.8. The fraction of sp³-hybridized carbons (Fsp3) is 0.355. The Bertz CT molecular complexity index is 1530. The molecule has 1 saturated carbocycles. The summed E-state index contributed by atoms with van der Waals surface area (Å²) in [7, 11) is -2.79. The van der Waals surface area contributed by atoms with Crippen molar-refractivity contribution in [2.75, 3.05) is 18.0 Å². The largest absolute Gasteiger partial charge is 0.496 e. The first-order valence-corrected chi connectivity index (χ1v) is 16.0. The van der Waals surface area contributed by atoms with Crippen LogP contribution in [0, 0.1) is 12.7 Å². The summed E-state index contributed by atoms with van der Waals surface area (Å²) in [5, 5.41) is 3.00. The summed E-state index contributed by atoms with van der Waals surface area (Å²) in [4.78, 5) is 28.5. The van der Waals surface area contributed by atoms with Gasteiger partial charge in [-0.05, 0) is 79.0 Å². The number of methoxy groups -OCH3 is 1. The average molecular weight is 661 g/mol. The third-order valence-corrected chi connectivity index (χ3v) is 9.87. The van der Waals surface area contributed by atoms with Crippen LogP contribution in [0.25, 0.3) is 0 Å². The maximum absolute atomic E-state index is 14.7. The molecule has 1 atom stereocenters. The number of hydrogen-bond acceptors (Lipinski definition) is 5. The highest BCUT2D eigenvalue weighted by molar-refractivity contribution is 9.10. The van der Waals surface area contributed by atoms with E-state index in [2.05, 4.69) is 21.2 Å². The van der Waals surface area contributed by atoms with E-state index in [1.807, 2.05) is 6.92 Å². The van der Waals surface area contributed by atoms with Gasteiger partial charge in [-0.15, -0.1) is 0 Å².